The molecule has 19 aromatic rings. The molecule has 10 aromatic heterocycles. The molecule has 0 N–H and O–H groups in total. The predicted molar refractivity (Wildman–Crippen MR) is 497 cm³/mol. The van der Waals surface area contributed by atoms with Gasteiger partial charge in [0.1, 0.15) is 53.9 Å². The number of rotatable bonds is 17. The van der Waals surface area contributed by atoms with Crippen LogP contribution in [0.5, 0.6) is 23.3 Å². The van der Waals surface area contributed by atoms with Crippen LogP contribution >= 0.6 is 93.3 Å². The number of halogens is 6. The standard InChI is InChI=1S/C22H18N2O4S2.C20H13ClN2O2S.C19H10Cl2N2O3.C19H10ClFN2O3.C14H9ClN2O2S/c1-15-7-5-11-18-19(15)22(25)28-20(24-18)17-10-6-12-23-21(17)29-13-14-30(26,27)16-8-3-2-4-9-16;1-12-7-9-13(10-8-12)26-19-14(4-3-11-22-19)18-23-16-6-2-5-15(21)17(16)20(24)25-18;20-11-6-8-12(9-7-11)25-17-13(3-2-10-22-17)18-23-15-5-1-4-14(21)16(15)19(24)26-18;20-14-4-1-5-15-16(14)19(24)26-18(23-15)13-3-2-10-22-17(13)25-12-8-6-11(21)7-9-12;1-20-13-8(4-3-7-16-13)12-17-10-6-2-5-9(15)11(10)14(18)19-12/h2-12H,13-14H2,1H3;2-11H,1H3;2*1-10H;2-7H,1H3. The van der Waals surface area contributed by atoms with Crippen LogP contribution in [-0.4, -0.2) is 76.0 Å². The molecule has 0 saturated heterocycles. The Morgan fingerprint density at radius 1 is 0.359 bits per heavy atom. The molecule has 0 unspecified atom stereocenters. The molecule has 0 aliphatic carbocycles. The van der Waals surface area contributed by atoms with Crippen molar-refractivity contribution in [3.8, 4) is 80.5 Å². The smallest absolute Gasteiger partial charge is 0.348 e. The van der Waals surface area contributed by atoms with Gasteiger partial charge in [0.15, 0.2) is 9.84 Å². The van der Waals surface area contributed by atoms with E-state index in [-0.39, 0.29) is 74.0 Å². The molecule has 0 fully saturated rings. The number of pyridine rings is 5. The highest BCUT2D eigenvalue weighted by Crippen LogP contribution is 2.38. The maximum absolute atomic E-state index is 13.1. The summed E-state index contributed by atoms with van der Waals surface area (Å²) in [5.41, 5.74) is 4.49. The zero-order chi connectivity index (χ0) is 89.5. The first-order valence-electron chi connectivity index (χ1n) is 38.1. The third-order valence-corrected chi connectivity index (χ3v) is 24.7. The van der Waals surface area contributed by atoms with E-state index >= 15 is 0 Å². The summed E-state index contributed by atoms with van der Waals surface area (Å²) in [7, 11) is -3.39. The molecule has 34 heteroatoms. The Morgan fingerprint density at radius 2 is 0.711 bits per heavy atom. The van der Waals surface area contributed by atoms with E-state index in [1.165, 1.54) is 71.3 Å². The number of nitrogens with zero attached hydrogens (tertiary/aromatic N) is 10. The van der Waals surface area contributed by atoms with Gasteiger partial charge >= 0.3 is 28.1 Å². The van der Waals surface area contributed by atoms with Gasteiger partial charge in [0.05, 0.1) is 91.5 Å². The van der Waals surface area contributed by atoms with Gasteiger partial charge in [0.2, 0.25) is 41.2 Å². The monoisotopic (exact) mass is 1870 g/mol. The molecule has 0 bridgehead atoms. The quantitative estimate of drug-likeness (QED) is 0.0764. The number of fused-ring (bicyclic) bond motifs is 5. The molecular formula is C94H60Cl5FN10O14S4. The maximum Gasteiger partial charge on any atom is 0.348 e. The minimum atomic E-state index is -3.39. The zero-order valence-corrected chi connectivity index (χ0v) is 73.7. The normalized spacial score (nSPS) is 11.1. The summed E-state index contributed by atoms with van der Waals surface area (Å²) < 4.78 is 76.4. The third kappa shape index (κ3) is 21.2. The van der Waals surface area contributed by atoms with Crippen LogP contribution in [0.1, 0.15) is 11.1 Å². The van der Waals surface area contributed by atoms with Crippen molar-refractivity contribution in [2.75, 3.05) is 17.8 Å². The lowest BCUT2D eigenvalue weighted by Gasteiger charge is -2.09. The number of sulfone groups is 1. The predicted octanol–water partition coefficient (Wildman–Crippen LogP) is 23.3. The van der Waals surface area contributed by atoms with Crippen molar-refractivity contribution in [3.05, 3.63) is 380 Å². The third-order valence-electron chi connectivity index (χ3n) is 18.5. The minimum Gasteiger partial charge on any atom is -0.438 e. The number of benzene rings is 9. The van der Waals surface area contributed by atoms with Crippen molar-refractivity contribution < 1.29 is 44.4 Å². The fourth-order valence-corrected chi connectivity index (χ4v) is 17.6. The summed E-state index contributed by atoms with van der Waals surface area (Å²) >= 11 is 34.3. The van der Waals surface area contributed by atoms with Gasteiger partial charge in [-0.1, -0.05) is 142 Å². The summed E-state index contributed by atoms with van der Waals surface area (Å²) in [6.07, 6.45) is 10.0. The van der Waals surface area contributed by atoms with Crippen LogP contribution in [0.4, 0.5) is 4.39 Å². The molecule has 9 aromatic carbocycles. The number of aromatic nitrogens is 10. The van der Waals surface area contributed by atoms with Crippen LogP contribution < -0.4 is 37.6 Å². The van der Waals surface area contributed by atoms with Gasteiger partial charge in [0.25, 0.3) is 0 Å². The Balaban J connectivity index is 0.000000124. The van der Waals surface area contributed by atoms with Crippen molar-refractivity contribution >= 4 is 158 Å². The molecule has 0 saturated carbocycles. The van der Waals surface area contributed by atoms with E-state index in [1.807, 2.05) is 68.6 Å². The van der Waals surface area contributed by atoms with Crippen LogP contribution in [0.2, 0.25) is 25.1 Å². The molecule has 24 nitrogen and oxygen atoms in total. The second-order valence-electron chi connectivity index (χ2n) is 27.0. The second kappa shape index (κ2) is 40.8. The average Bonchev–Trinajstić information content (AvgIpc) is 0.691. The lowest BCUT2D eigenvalue weighted by atomic mass is 10.1. The highest BCUT2D eigenvalue weighted by atomic mass is 35.5. The van der Waals surface area contributed by atoms with Gasteiger partial charge in [-0.05, 0) is 214 Å². The molecule has 0 amide bonds. The Labute approximate surface area is 762 Å². The van der Waals surface area contributed by atoms with E-state index in [1.54, 1.807) is 207 Å². The van der Waals surface area contributed by atoms with Gasteiger partial charge in [-0.3, -0.25) is 0 Å². The van der Waals surface area contributed by atoms with Crippen LogP contribution in [0.3, 0.4) is 0 Å². The molecule has 0 aliphatic heterocycles. The molecule has 0 aliphatic rings. The molecule has 636 valence electrons. The van der Waals surface area contributed by atoms with Crippen molar-refractivity contribution in [1.82, 2.24) is 49.8 Å². The molecule has 0 radical (unpaired) electrons. The van der Waals surface area contributed by atoms with Crippen LogP contribution in [-0.2, 0) is 9.84 Å². The Hall–Kier alpha value is -13.6. The number of aryl methyl sites for hydroxylation is 2. The fraction of sp³-hybridized carbons (Fsp3) is 0.0532. The first kappa shape index (κ1) is 89.2. The first-order valence-corrected chi connectivity index (χ1v) is 44.7. The summed E-state index contributed by atoms with van der Waals surface area (Å²) in [5.74, 6) is 2.05. The van der Waals surface area contributed by atoms with Crippen LogP contribution in [0, 0.1) is 19.7 Å². The highest BCUT2D eigenvalue weighted by molar-refractivity contribution is 8.00. The summed E-state index contributed by atoms with van der Waals surface area (Å²) in [4.78, 5) is 106. The van der Waals surface area contributed by atoms with Gasteiger partial charge in [-0.15, -0.1) is 23.5 Å². The molecular weight excluding hydrogens is 1820 g/mol. The number of thioether (sulfide) groups is 2. The van der Waals surface area contributed by atoms with Gasteiger partial charge < -0.3 is 31.6 Å². The highest BCUT2D eigenvalue weighted by Gasteiger charge is 2.24. The van der Waals surface area contributed by atoms with Crippen LogP contribution in [0.15, 0.2) is 357 Å². The van der Waals surface area contributed by atoms with E-state index in [2.05, 4.69) is 49.8 Å². The van der Waals surface area contributed by atoms with Crippen molar-refractivity contribution in [2.24, 2.45) is 0 Å². The SMILES string of the molecule is CSc1ncccc1-c1nc2cccc(Cl)c2c(=O)o1.Cc1ccc(Sc2ncccc2-c2nc3cccc(Cl)c3c(=O)o2)cc1.Cc1cccc2nc(-c3cccnc3SCCS(=O)(=O)c3ccccc3)oc(=O)c12.O=c1oc(-c2cccnc2Oc2ccc(Cl)cc2)nc2cccc(Cl)c12.O=c1oc(-c2cccnc2Oc2ccc(F)cc2)nc2cccc(Cl)c12. The Bertz CT molecular complexity index is 7370. The lowest BCUT2D eigenvalue weighted by Crippen LogP contribution is -2.09. The fourth-order valence-electron chi connectivity index (χ4n) is 12.4. The number of hydrogen-bond acceptors (Lipinski definition) is 27. The Kier molecular flexibility index (Phi) is 28.4. The second-order valence-corrected chi connectivity index (χ2v) is 34.1. The molecule has 128 heavy (non-hydrogen) atoms. The average molecular weight is 1880 g/mol. The maximum atomic E-state index is 13.1. The lowest BCUT2D eigenvalue weighted by molar-refractivity contribution is 0.456. The van der Waals surface area contributed by atoms with E-state index in [0.717, 1.165) is 15.5 Å². The van der Waals surface area contributed by atoms with Gasteiger partial charge in [0, 0.05) is 46.7 Å². The molecule has 0 atom stereocenters. The number of ether oxygens (including phenoxy) is 2. The zero-order valence-electron chi connectivity index (χ0n) is 66.6. The largest absolute Gasteiger partial charge is 0.438 e. The number of hydrogen-bond donors (Lipinski definition) is 0. The van der Waals surface area contributed by atoms with E-state index < -0.39 is 38.0 Å². The summed E-state index contributed by atoms with van der Waals surface area (Å²) in [6.45, 7) is 3.87. The Morgan fingerprint density at radius 3 is 1.14 bits per heavy atom. The van der Waals surface area contributed by atoms with E-state index in [9.17, 15) is 36.8 Å². The van der Waals surface area contributed by atoms with Crippen molar-refractivity contribution in [2.45, 2.75) is 38.7 Å². The van der Waals surface area contributed by atoms with Crippen molar-refractivity contribution in [1.29, 1.82) is 0 Å². The van der Waals surface area contributed by atoms with Crippen LogP contribution in [0.25, 0.3) is 112 Å². The topological polar surface area (TPSA) is 333 Å². The molecule has 10 heterocycles. The molecule has 0 spiro atoms. The van der Waals surface area contributed by atoms with E-state index in [4.69, 9.17) is 89.6 Å². The summed E-state index contributed by atoms with van der Waals surface area (Å²) in [6, 6.07) is 71.9. The summed E-state index contributed by atoms with van der Waals surface area (Å²) in [5, 5.41) is 5.34. The molecule has 19 rings (SSSR count). The van der Waals surface area contributed by atoms with Crippen molar-refractivity contribution in [3.63, 3.8) is 0 Å². The van der Waals surface area contributed by atoms with Gasteiger partial charge in [-0.2, -0.15) is 0 Å². The first-order chi connectivity index (χ1) is 62.0. The minimum absolute atomic E-state index is 0.0357. The van der Waals surface area contributed by atoms with Gasteiger partial charge in [-0.25, -0.2) is 86.6 Å². The van der Waals surface area contributed by atoms with E-state index in [0.29, 0.717) is 118 Å².